The third-order valence-corrected chi connectivity index (χ3v) is 7.51. The number of aryl methyl sites for hydroxylation is 1. The van der Waals surface area contributed by atoms with Gasteiger partial charge < -0.3 is 9.80 Å². The van der Waals surface area contributed by atoms with E-state index in [1.807, 2.05) is 18.2 Å². The number of hydrogen-bond donors (Lipinski definition) is 0. The van der Waals surface area contributed by atoms with Gasteiger partial charge in [-0.2, -0.15) is 4.31 Å². The summed E-state index contributed by atoms with van der Waals surface area (Å²) in [4.78, 5) is 16.3. The Morgan fingerprint density at radius 1 is 0.931 bits per heavy atom. The van der Waals surface area contributed by atoms with Gasteiger partial charge in [-0.15, -0.1) is 0 Å². The summed E-state index contributed by atoms with van der Waals surface area (Å²) in [5.41, 5.74) is 2.36. The first-order valence-electron chi connectivity index (χ1n) is 9.82. The predicted octanol–water partition coefficient (Wildman–Crippen LogP) is 2.11. The minimum absolute atomic E-state index is 0.00959. The predicted molar refractivity (Wildman–Crippen MR) is 109 cm³/mol. The zero-order valence-corrected chi connectivity index (χ0v) is 16.9. The number of sulfonamides is 1. The Hall–Kier alpha value is -2.45. The van der Waals surface area contributed by atoms with Crippen LogP contribution in [0, 0.1) is 5.82 Å². The van der Waals surface area contributed by atoms with Crippen LogP contribution in [0.5, 0.6) is 0 Å². The van der Waals surface area contributed by atoms with Crippen molar-refractivity contribution < 1.29 is 17.6 Å². The van der Waals surface area contributed by atoms with Crippen molar-refractivity contribution in [1.29, 1.82) is 0 Å². The highest BCUT2D eigenvalue weighted by Crippen LogP contribution is 2.27. The van der Waals surface area contributed by atoms with Gasteiger partial charge in [-0.25, -0.2) is 12.8 Å². The summed E-state index contributed by atoms with van der Waals surface area (Å²) < 4.78 is 40.6. The number of hydrogen-bond acceptors (Lipinski definition) is 4. The van der Waals surface area contributed by atoms with E-state index in [2.05, 4.69) is 11.0 Å². The van der Waals surface area contributed by atoms with Gasteiger partial charge in [0.2, 0.25) is 15.9 Å². The summed E-state index contributed by atoms with van der Waals surface area (Å²) >= 11 is 0. The van der Waals surface area contributed by atoms with Crippen LogP contribution in [0.15, 0.2) is 53.4 Å². The largest absolute Gasteiger partial charge is 0.362 e. The Morgan fingerprint density at radius 2 is 1.62 bits per heavy atom. The SMILES string of the molecule is O=C(CN1CCCc2ccccc21)N1CCN(S(=O)(=O)c2ccccc2F)CC1. The minimum Gasteiger partial charge on any atom is -0.362 e. The highest BCUT2D eigenvalue weighted by Gasteiger charge is 2.32. The van der Waals surface area contributed by atoms with E-state index >= 15 is 0 Å². The average Bonchev–Trinajstić information content (AvgIpc) is 2.74. The quantitative estimate of drug-likeness (QED) is 0.765. The molecule has 154 valence electrons. The molecular formula is C21H24FN3O3S. The summed E-state index contributed by atoms with van der Waals surface area (Å²) in [6, 6.07) is 13.5. The molecule has 1 fully saturated rings. The molecule has 4 rings (SSSR count). The second-order valence-electron chi connectivity index (χ2n) is 7.37. The van der Waals surface area contributed by atoms with Crippen LogP contribution in [0.3, 0.4) is 0 Å². The topological polar surface area (TPSA) is 60.9 Å². The number of carbonyl (C=O) groups excluding carboxylic acids is 1. The van der Waals surface area contributed by atoms with Gasteiger partial charge in [0, 0.05) is 38.4 Å². The normalized spacial score (nSPS) is 17.8. The average molecular weight is 418 g/mol. The van der Waals surface area contributed by atoms with Gasteiger partial charge in [0.15, 0.2) is 0 Å². The fourth-order valence-electron chi connectivity index (χ4n) is 4.01. The monoisotopic (exact) mass is 417 g/mol. The molecule has 6 nitrogen and oxygen atoms in total. The van der Waals surface area contributed by atoms with Crippen molar-refractivity contribution in [3.8, 4) is 0 Å². The van der Waals surface area contributed by atoms with Gasteiger partial charge in [0.1, 0.15) is 10.7 Å². The number of carbonyl (C=O) groups is 1. The van der Waals surface area contributed by atoms with Gasteiger partial charge in [-0.1, -0.05) is 30.3 Å². The van der Waals surface area contributed by atoms with Gasteiger partial charge in [0.25, 0.3) is 0 Å². The second-order valence-corrected chi connectivity index (χ2v) is 9.28. The highest BCUT2D eigenvalue weighted by molar-refractivity contribution is 7.89. The zero-order valence-electron chi connectivity index (χ0n) is 16.1. The van der Waals surface area contributed by atoms with E-state index in [1.54, 1.807) is 4.90 Å². The number of nitrogens with zero attached hydrogens (tertiary/aromatic N) is 3. The molecule has 0 aromatic heterocycles. The van der Waals surface area contributed by atoms with Crippen molar-refractivity contribution in [3.05, 3.63) is 59.9 Å². The lowest BCUT2D eigenvalue weighted by Gasteiger charge is -2.36. The number of amides is 1. The lowest BCUT2D eigenvalue weighted by molar-refractivity contribution is -0.130. The molecule has 2 aliphatic rings. The van der Waals surface area contributed by atoms with E-state index in [9.17, 15) is 17.6 Å². The number of rotatable bonds is 4. The molecule has 8 heteroatoms. The summed E-state index contributed by atoms with van der Waals surface area (Å²) in [7, 11) is -3.90. The minimum atomic E-state index is -3.90. The number of para-hydroxylation sites is 1. The van der Waals surface area contributed by atoms with Crippen molar-refractivity contribution in [1.82, 2.24) is 9.21 Å². The fourth-order valence-corrected chi connectivity index (χ4v) is 5.50. The zero-order chi connectivity index (χ0) is 20.4. The Labute approximate surface area is 170 Å². The van der Waals surface area contributed by atoms with Crippen LogP contribution in [0.4, 0.5) is 10.1 Å². The lowest BCUT2D eigenvalue weighted by Crippen LogP contribution is -2.53. The third kappa shape index (κ3) is 4.00. The molecule has 2 heterocycles. The van der Waals surface area contributed by atoms with Crippen molar-refractivity contribution in [3.63, 3.8) is 0 Å². The first kappa shape index (κ1) is 19.8. The maximum absolute atomic E-state index is 14.0. The molecule has 0 spiro atoms. The molecule has 2 aliphatic heterocycles. The molecule has 1 amide bonds. The van der Waals surface area contributed by atoms with Crippen LogP contribution >= 0.6 is 0 Å². The summed E-state index contributed by atoms with van der Waals surface area (Å²) in [6.07, 6.45) is 2.03. The molecule has 0 saturated carbocycles. The molecule has 2 aromatic rings. The first-order valence-corrected chi connectivity index (χ1v) is 11.3. The number of piperazine rings is 1. The number of halogens is 1. The van der Waals surface area contributed by atoms with E-state index < -0.39 is 15.8 Å². The summed E-state index contributed by atoms with van der Waals surface area (Å²) in [5.74, 6) is -0.764. The smallest absolute Gasteiger partial charge is 0.246 e. The Bertz CT molecular complexity index is 1000. The molecule has 0 unspecified atom stereocenters. The highest BCUT2D eigenvalue weighted by atomic mass is 32.2. The molecule has 0 atom stereocenters. The molecule has 0 N–H and O–H groups in total. The first-order chi connectivity index (χ1) is 14.0. The van der Waals surface area contributed by atoms with Crippen molar-refractivity contribution in [2.75, 3.05) is 44.2 Å². The molecule has 2 aromatic carbocycles. The molecule has 0 aliphatic carbocycles. The second kappa shape index (κ2) is 8.12. The lowest BCUT2D eigenvalue weighted by atomic mass is 10.0. The number of fused-ring (bicyclic) bond motifs is 1. The molecule has 29 heavy (non-hydrogen) atoms. The van der Waals surface area contributed by atoms with Crippen LogP contribution in [0.25, 0.3) is 0 Å². The third-order valence-electron chi connectivity index (χ3n) is 5.58. The van der Waals surface area contributed by atoms with Crippen molar-refractivity contribution >= 4 is 21.6 Å². The van der Waals surface area contributed by atoms with E-state index in [4.69, 9.17) is 0 Å². The van der Waals surface area contributed by atoms with E-state index in [0.29, 0.717) is 13.1 Å². The van der Waals surface area contributed by atoms with Crippen molar-refractivity contribution in [2.45, 2.75) is 17.7 Å². The van der Waals surface area contributed by atoms with Crippen LogP contribution < -0.4 is 4.90 Å². The Kier molecular flexibility index (Phi) is 5.56. The summed E-state index contributed by atoms with van der Waals surface area (Å²) in [6.45, 7) is 2.07. The van der Waals surface area contributed by atoms with Gasteiger partial charge in [-0.3, -0.25) is 4.79 Å². The number of benzene rings is 2. The van der Waals surface area contributed by atoms with Crippen LogP contribution in [-0.4, -0.2) is 62.8 Å². The Balaban J connectivity index is 1.39. The fraction of sp³-hybridized carbons (Fsp3) is 0.381. The summed E-state index contributed by atoms with van der Waals surface area (Å²) in [5, 5.41) is 0. The Morgan fingerprint density at radius 3 is 2.38 bits per heavy atom. The molecule has 0 radical (unpaired) electrons. The van der Waals surface area contributed by atoms with E-state index in [-0.39, 0.29) is 30.4 Å². The van der Waals surface area contributed by atoms with Crippen LogP contribution in [0.1, 0.15) is 12.0 Å². The number of anilines is 1. The molecule has 1 saturated heterocycles. The van der Waals surface area contributed by atoms with Gasteiger partial charge in [-0.05, 0) is 36.6 Å². The van der Waals surface area contributed by atoms with E-state index in [0.717, 1.165) is 31.1 Å². The molecular weight excluding hydrogens is 393 g/mol. The van der Waals surface area contributed by atoms with Crippen LogP contribution in [-0.2, 0) is 21.2 Å². The standard InChI is InChI=1S/C21H24FN3O3S/c22-18-8-2-4-10-20(18)29(27,28)25-14-12-23(13-15-25)21(26)16-24-11-5-7-17-6-1-3-9-19(17)24/h1-4,6,8-10H,5,7,11-16H2. The van der Waals surface area contributed by atoms with Gasteiger partial charge >= 0.3 is 0 Å². The van der Waals surface area contributed by atoms with Crippen LogP contribution in [0.2, 0.25) is 0 Å². The van der Waals surface area contributed by atoms with E-state index in [1.165, 1.54) is 28.1 Å². The molecule has 0 bridgehead atoms. The van der Waals surface area contributed by atoms with Gasteiger partial charge in [0.05, 0.1) is 6.54 Å². The maximum atomic E-state index is 14.0. The van der Waals surface area contributed by atoms with Crippen molar-refractivity contribution in [2.24, 2.45) is 0 Å². The maximum Gasteiger partial charge on any atom is 0.246 e.